The lowest BCUT2D eigenvalue weighted by atomic mass is 10.2. The van der Waals surface area contributed by atoms with Crippen LogP contribution in [0, 0.1) is 0 Å². The number of aromatic nitrogens is 2. The number of amides is 1. The lowest BCUT2D eigenvalue weighted by molar-refractivity contribution is 0.0940. The molecule has 0 radical (unpaired) electrons. The van der Waals surface area contributed by atoms with E-state index in [1.54, 1.807) is 29.2 Å². The van der Waals surface area contributed by atoms with Crippen molar-refractivity contribution < 1.29 is 4.79 Å². The first-order chi connectivity index (χ1) is 9.72. The first-order valence-corrected chi connectivity index (χ1v) is 6.92. The Hall–Kier alpha value is -1.56. The van der Waals surface area contributed by atoms with E-state index in [0.717, 1.165) is 25.2 Å². The molecule has 0 spiro atoms. The smallest absolute Gasteiger partial charge is 0.254 e. The van der Waals surface area contributed by atoms with E-state index < -0.39 is 0 Å². The van der Waals surface area contributed by atoms with Crippen molar-refractivity contribution in [1.29, 1.82) is 0 Å². The normalized spacial score (nSPS) is 17.3. The van der Waals surface area contributed by atoms with Gasteiger partial charge in [0.05, 0.1) is 17.4 Å². The van der Waals surface area contributed by atoms with Crippen molar-refractivity contribution in [2.24, 2.45) is 0 Å². The zero-order valence-electron chi connectivity index (χ0n) is 11.3. The Bertz CT molecular complexity index is 606. The molecule has 1 atom stereocenters. The maximum atomic E-state index is 12.1. The molecule has 1 aliphatic heterocycles. The number of rotatable bonds is 3. The van der Waals surface area contributed by atoms with E-state index in [9.17, 15) is 4.79 Å². The van der Waals surface area contributed by atoms with Gasteiger partial charge in [-0.2, -0.15) is 5.10 Å². The number of carbonyl (C=O) groups excluding carboxylic acids is 1. The summed E-state index contributed by atoms with van der Waals surface area (Å²) >= 11 is 5.85. The Labute approximate surface area is 134 Å². The van der Waals surface area contributed by atoms with Crippen molar-refractivity contribution in [3.63, 3.8) is 0 Å². The summed E-state index contributed by atoms with van der Waals surface area (Å²) in [5, 5.41) is 11.1. The molecule has 7 heteroatoms. The second-order valence-corrected chi connectivity index (χ2v) is 5.25. The largest absolute Gasteiger partial charge is 0.348 e. The van der Waals surface area contributed by atoms with Crippen LogP contribution in [-0.2, 0) is 0 Å². The van der Waals surface area contributed by atoms with Gasteiger partial charge in [-0.15, -0.1) is 12.4 Å². The quantitative estimate of drug-likeness (QED) is 0.907. The molecular weight excluding hydrogens is 311 g/mol. The molecule has 1 aliphatic rings. The molecule has 1 saturated heterocycles. The van der Waals surface area contributed by atoms with Crippen LogP contribution in [-0.4, -0.2) is 34.8 Å². The van der Waals surface area contributed by atoms with E-state index in [-0.39, 0.29) is 24.4 Å². The van der Waals surface area contributed by atoms with Gasteiger partial charge in [0.2, 0.25) is 0 Å². The van der Waals surface area contributed by atoms with Gasteiger partial charge in [-0.1, -0.05) is 11.6 Å². The topological polar surface area (TPSA) is 59.0 Å². The molecule has 0 saturated carbocycles. The number of hydrogen-bond acceptors (Lipinski definition) is 3. The summed E-state index contributed by atoms with van der Waals surface area (Å²) in [5.74, 6) is -0.0843. The Kier molecular flexibility index (Phi) is 5.22. The number of hydrogen-bond donors (Lipinski definition) is 2. The van der Waals surface area contributed by atoms with Crippen LogP contribution in [0.1, 0.15) is 16.8 Å². The predicted octanol–water partition coefficient (Wildman–Crippen LogP) is 2.04. The molecule has 1 unspecified atom stereocenters. The van der Waals surface area contributed by atoms with Gasteiger partial charge in [0.25, 0.3) is 5.91 Å². The van der Waals surface area contributed by atoms with Gasteiger partial charge >= 0.3 is 0 Å². The molecule has 0 aliphatic carbocycles. The highest BCUT2D eigenvalue weighted by Crippen LogP contribution is 2.13. The maximum absolute atomic E-state index is 12.1. The van der Waals surface area contributed by atoms with Crippen LogP contribution >= 0.6 is 24.0 Å². The van der Waals surface area contributed by atoms with E-state index in [4.69, 9.17) is 11.6 Å². The Morgan fingerprint density at radius 3 is 2.81 bits per heavy atom. The van der Waals surface area contributed by atoms with Crippen LogP contribution in [0.4, 0.5) is 0 Å². The van der Waals surface area contributed by atoms with Crippen molar-refractivity contribution in [3.05, 3.63) is 47.2 Å². The Morgan fingerprint density at radius 2 is 2.14 bits per heavy atom. The first kappa shape index (κ1) is 15.8. The van der Waals surface area contributed by atoms with Crippen molar-refractivity contribution in [1.82, 2.24) is 20.4 Å². The first-order valence-electron chi connectivity index (χ1n) is 6.54. The molecule has 112 valence electrons. The molecule has 1 aromatic heterocycles. The summed E-state index contributed by atoms with van der Waals surface area (Å²) in [4.78, 5) is 12.1. The lowest BCUT2D eigenvalue weighted by Gasteiger charge is -2.09. The third-order valence-corrected chi connectivity index (χ3v) is 3.58. The lowest BCUT2D eigenvalue weighted by Crippen LogP contribution is -2.36. The molecule has 2 heterocycles. The van der Waals surface area contributed by atoms with Gasteiger partial charge in [0.15, 0.2) is 0 Å². The van der Waals surface area contributed by atoms with Gasteiger partial charge in [-0.3, -0.25) is 4.79 Å². The highest BCUT2D eigenvalue weighted by Gasteiger charge is 2.18. The monoisotopic (exact) mass is 326 g/mol. The number of benzene rings is 1. The van der Waals surface area contributed by atoms with Gasteiger partial charge in [0.1, 0.15) is 0 Å². The van der Waals surface area contributed by atoms with E-state index in [2.05, 4.69) is 15.7 Å². The molecule has 2 aromatic rings. The molecule has 1 amide bonds. The minimum Gasteiger partial charge on any atom is -0.348 e. The standard InChI is InChI=1S/C14H15ClN4O.ClH/c15-11-1-3-13(4-2-11)19-9-10(7-17-19)14(20)18-12-5-6-16-8-12;/h1-4,7,9,12,16H,5-6,8H2,(H,18,20);1H. The minimum absolute atomic E-state index is 0. The number of nitrogens with zero attached hydrogens (tertiary/aromatic N) is 2. The molecule has 2 N–H and O–H groups in total. The fourth-order valence-corrected chi connectivity index (χ4v) is 2.35. The molecule has 5 nitrogen and oxygen atoms in total. The highest BCUT2D eigenvalue weighted by molar-refractivity contribution is 6.30. The number of carbonyl (C=O) groups is 1. The van der Waals surface area contributed by atoms with Gasteiger partial charge < -0.3 is 10.6 Å². The third-order valence-electron chi connectivity index (χ3n) is 3.33. The molecule has 1 fully saturated rings. The van der Waals surface area contributed by atoms with Crippen molar-refractivity contribution in [2.45, 2.75) is 12.5 Å². The zero-order chi connectivity index (χ0) is 13.9. The molecular formula is C14H16Cl2N4O. The van der Waals surface area contributed by atoms with Crippen molar-refractivity contribution in [2.75, 3.05) is 13.1 Å². The summed E-state index contributed by atoms with van der Waals surface area (Å²) in [7, 11) is 0. The summed E-state index contributed by atoms with van der Waals surface area (Å²) in [6, 6.07) is 7.52. The SMILES string of the molecule is Cl.O=C(NC1CCNC1)c1cnn(-c2ccc(Cl)cc2)c1. The van der Waals surface area contributed by atoms with Crippen LogP contribution in [0.15, 0.2) is 36.7 Å². The zero-order valence-corrected chi connectivity index (χ0v) is 12.8. The summed E-state index contributed by atoms with van der Waals surface area (Å²) in [6.07, 6.45) is 4.27. The van der Waals surface area contributed by atoms with E-state index >= 15 is 0 Å². The van der Waals surface area contributed by atoms with Gasteiger partial charge in [0, 0.05) is 23.8 Å². The minimum atomic E-state index is -0.0843. The van der Waals surface area contributed by atoms with Gasteiger partial charge in [-0.25, -0.2) is 4.68 Å². The molecule has 0 bridgehead atoms. The van der Waals surface area contributed by atoms with Crippen molar-refractivity contribution >= 4 is 29.9 Å². The van der Waals surface area contributed by atoms with Crippen LogP contribution in [0.25, 0.3) is 5.69 Å². The van der Waals surface area contributed by atoms with E-state index in [0.29, 0.717) is 10.6 Å². The fourth-order valence-electron chi connectivity index (χ4n) is 2.22. The summed E-state index contributed by atoms with van der Waals surface area (Å²) in [5.41, 5.74) is 1.43. The van der Waals surface area contributed by atoms with Crippen molar-refractivity contribution in [3.8, 4) is 5.69 Å². The fraction of sp³-hybridized carbons (Fsp3) is 0.286. The van der Waals surface area contributed by atoms with E-state index in [1.165, 1.54) is 0 Å². The third kappa shape index (κ3) is 3.75. The maximum Gasteiger partial charge on any atom is 0.254 e. The number of halogens is 2. The summed E-state index contributed by atoms with van der Waals surface area (Å²) < 4.78 is 1.66. The molecule has 1 aromatic carbocycles. The molecule has 3 rings (SSSR count). The highest BCUT2D eigenvalue weighted by atomic mass is 35.5. The average molecular weight is 327 g/mol. The second-order valence-electron chi connectivity index (χ2n) is 4.81. The van der Waals surface area contributed by atoms with Crippen LogP contribution < -0.4 is 10.6 Å². The predicted molar refractivity (Wildman–Crippen MR) is 84.6 cm³/mol. The average Bonchev–Trinajstić information content (AvgIpc) is 3.10. The second kappa shape index (κ2) is 6.93. The van der Waals surface area contributed by atoms with Crippen LogP contribution in [0.5, 0.6) is 0 Å². The Morgan fingerprint density at radius 1 is 1.38 bits per heavy atom. The number of nitrogens with one attached hydrogen (secondary N) is 2. The van der Waals surface area contributed by atoms with Gasteiger partial charge in [-0.05, 0) is 37.2 Å². The van der Waals surface area contributed by atoms with Crippen LogP contribution in [0.3, 0.4) is 0 Å². The Balaban J connectivity index is 0.00000161. The molecule has 21 heavy (non-hydrogen) atoms. The van der Waals surface area contributed by atoms with Crippen LogP contribution in [0.2, 0.25) is 5.02 Å². The van der Waals surface area contributed by atoms with E-state index in [1.807, 2.05) is 12.1 Å². The summed E-state index contributed by atoms with van der Waals surface area (Å²) in [6.45, 7) is 1.78.